The van der Waals surface area contributed by atoms with E-state index in [1.807, 2.05) is 0 Å². The maximum atomic E-state index is 13.4. The Morgan fingerprint density at radius 1 is 1.40 bits per heavy atom. The first-order chi connectivity index (χ1) is 12.0. The molecule has 2 aromatic rings. The SMILES string of the molecule is C[C@@H]1[C@H](C)CCC[C@H]1NC(=O)CSc1nnnn1-c1cccc(F)c1. The van der Waals surface area contributed by atoms with Crippen LogP contribution >= 0.6 is 11.8 Å². The van der Waals surface area contributed by atoms with E-state index in [2.05, 4.69) is 34.7 Å². The third-order valence-electron chi connectivity index (χ3n) is 4.88. The van der Waals surface area contributed by atoms with E-state index >= 15 is 0 Å². The average molecular weight is 363 g/mol. The van der Waals surface area contributed by atoms with Crippen LogP contribution in [0.3, 0.4) is 0 Å². The van der Waals surface area contributed by atoms with Crippen molar-refractivity contribution in [2.45, 2.75) is 44.3 Å². The molecule has 1 saturated carbocycles. The molecule has 1 amide bonds. The summed E-state index contributed by atoms with van der Waals surface area (Å²) in [6, 6.07) is 6.26. The van der Waals surface area contributed by atoms with E-state index in [0.717, 1.165) is 12.8 Å². The zero-order chi connectivity index (χ0) is 17.8. The molecule has 1 aromatic carbocycles. The lowest BCUT2D eigenvalue weighted by atomic mass is 9.78. The topological polar surface area (TPSA) is 72.7 Å². The molecule has 0 bridgehead atoms. The van der Waals surface area contributed by atoms with Crippen LogP contribution in [0.2, 0.25) is 0 Å². The highest BCUT2D eigenvalue weighted by molar-refractivity contribution is 7.99. The van der Waals surface area contributed by atoms with E-state index < -0.39 is 0 Å². The fourth-order valence-electron chi connectivity index (χ4n) is 3.20. The molecule has 1 fully saturated rings. The molecule has 8 heteroatoms. The van der Waals surface area contributed by atoms with Crippen molar-refractivity contribution < 1.29 is 9.18 Å². The number of halogens is 1. The molecule has 3 atom stereocenters. The van der Waals surface area contributed by atoms with E-state index in [1.165, 1.54) is 35.0 Å². The van der Waals surface area contributed by atoms with Crippen molar-refractivity contribution in [2.75, 3.05) is 5.75 Å². The molecule has 0 saturated heterocycles. The largest absolute Gasteiger partial charge is 0.352 e. The van der Waals surface area contributed by atoms with Gasteiger partial charge in [0.15, 0.2) is 0 Å². The molecule has 0 radical (unpaired) electrons. The zero-order valence-electron chi connectivity index (χ0n) is 14.4. The second kappa shape index (κ2) is 7.95. The number of carbonyl (C=O) groups excluding carboxylic acids is 1. The minimum Gasteiger partial charge on any atom is -0.352 e. The molecular formula is C17H22FN5OS. The number of nitrogens with one attached hydrogen (secondary N) is 1. The number of benzene rings is 1. The number of nitrogens with zero attached hydrogens (tertiary/aromatic N) is 4. The van der Waals surface area contributed by atoms with Crippen LogP contribution in [0.15, 0.2) is 29.4 Å². The van der Waals surface area contributed by atoms with Crippen LogP contribution in [0.4, 0.5) is 4.39 Å². The standard InChI is InChI=1S/C17H22FN5OS/c1-11-5-3-8-15(12(11)2)19-16(24)10-25-17-20-21-22-23(17)14-7-4-6-13(18)9-14/h4,6-7,9,11-12,15H,3,5,8,10H2,1-2H3,(H,19,24)/t11-,12-,15-/m1/s1. The van der Waals surface area contributed by atoms with Gasteiger partial charge in [-0.15, -0.1) is 5.10 Å². The fraction of sp³-hybridized carbons (Fsp3) is 0.529. The molecule has 1 aliphatic carbocycles. The van der Waals surface area contributed by atoms with E-state index in [0.29, 0.717) is 22.7 Å². The van der Waals surface area contributed by atoms with E-state index in [9.17, 15) is 9.18 Å². The quantitative estimate of drug-likeness (QED) is 0.827. The molecule has 134 valence electrons. The van der Waals surface area contributed by atoms with Gasteiger partial charge in [-0.1, -0.05) is 44.5 Å². The molecule has 1 aromatic heterocycles. The van der Waals surface area contributed by atoms with Crippen molar-refractivity contribution >= 4 is 17.7 Å². The van der Waals surface area contributed by atoms with Crippen molar-refractivity contribution in [3.8, 4) is 5.69 Å². The summed E-state index contributed by atoms with van der Waals surface area (Å²) in [6.07, 6.45) is 3.41. The summed E-state index contributed by atoms with van der Waals surface area (Å²) in [5.74, 6) is 0.965. The van der Waals surface area contributed by atoms with Crippen LogP contribution in [0.25, 0.3) is 5.69 Å². The second-order valence-corrected chi connectivity index (χ2v) is 7.53. The Hall–Kier alpha value is -1.96. The maximum absolute atomic E-state index is 13.4. The van der Waals surface area contributed by atoms with Crippen LogP contribution in [0.1, 0.15) is 33.1 Å². The molecule has 25 heavy (non-hydrogen) atoms. The van der Waals surface area contributed by atoms with Crippen LogP contribution in [-0.4, -0.2) is 37.9 Å². The predicted octanol–water partition coefficient (Wildman–Crippen LogP) is 2.83. The number of rotatable bonds is 5. The van der Waals surface area contributed by atoms with Crippen LogP contribution < -0.4 is 5.32 Å². The first-order valence-electron chi connectivity index (χ1n) is 8.51. The molecule has 0 aliphatic heterocycles. The summed E-state index contributed by atoms with van der Waals surface area (Å²) in [5.41, 5.74) is 0.530. The van der Waals surface area contributed by atoms with Crippen LogP contribution in [-0.2, 0) is 4.79 Å². The Labute approximate surface area is 150 Å². The van der Waals surface area contributed by atoms with Crippen molar-refractivity contribution in [3.05, 3.63) is 30.1 Å². The summed E-state index contributed by atoms with van der Waals surface area (Å²) in [7, 11) is 0. The number of amides is 1. The van der Waals surface area contributed by atoms with Gasteiger partial charge in [0, 0.05) is 6.04 Å². The summed E-state index contributed by atoms with van der Waals surface area (Å²) >= 11 is 1.25. The van der Waals surface area contributed by atoms with Crippen molar-refractivity contribution in [2.24, 2.45) is 11.8 Å². The smallest absolute Gasteiger partial charge is 0.230 e. The Morgan fingerprint density at radius 2 is 2.24 bits per heavy atom. The van der Waals surface area contributed by atoms with Crippen LogP contribution in [0.5, 0.6) is 0 Å². The average Bonchev–Trinajstić information content (AvgIpc) is 3.06. The number of aromatic nitrogens is 4. The Kier molecular flexibility index (Phi) is 5.67. The van der Waals surface area contributed by atoms with E-state index in [1.54, 1.807) is 12.1 Å². The molecule has 1 aliphatic rings. The zero-order valence-corrected chi connectivity index (χ0v) is 15.2. The number of hydrogen-bond acceptors (Lipinski definition) is 5. The molecule has 1 heterocycles. The predicted molar refractivity (Wildman–Crippen MR) is 93.9 cm³/mol. The van der Waals surface area contributed by atoms with Gasteiger partial charge < -0.3 is 5.32 Å². The van der Waals surface area contributed by atoms with Gasteiger partial charge in [-0.3, -0.25) is 4.79 Å². The molecule has 0 spiro atoms. The Morgan fingerprint density at radius 3 is 3.04 bits per heavy atom. The van der Waals surface area contributed by atoms with Gasteiger partial charge >= 0.3 is 0 Å². The highest BCUT2D eigenvalue weighted by Crippen LogP contribution is 2.29. The Bertz CT molecular complexity index is 737. The fourth-order valence-corrected chi connectivity index (χ4v) is 3.91. The number of thioether (sulfide) groups is 1. The van der Waals surface area contributed by atoms with Crippen molar-refractivity contribution in [1.82, 2.24) is 25.5 Å². The summed E-state index contributed by atoms with van der Waals surface area (Å²) < 4.78 is 14.8. The van der Waals surface area contributed by atoms with E-state index in [-0.39, 0.29) is 23.5 Å². The number of tetrazole rings is 1. The van der Waals surface area contributed by atoms with Gasteiger partial charge in [0.1, 0.15) is 5.82 Å². The van der Waals surface area contributed by atoms with Crippen molar-refractivity contribution in [3.63, 3.8) is 0 Å². The lowest BCUT2D eigenvalue weighted by molar-refractivity contribution is -0.120. The molecule has 0 unspecified atom stereocenters. The van der Waals surface area contributed by atoms with Gasteiger partial charge in [-0.2, -0.15) is 4.68 Å². The van der Waals surface area contributed by atoms with Crippen LogP contribution in [0, 0.1) is 17.7 Å². The monoisotopic (exact) mass is 363 g/mol. The third-order valence-corrected chi connectivity index (χ3v) is 5.80. The first-order valence-corrected chi connectivity index (χ1v) is 9.49. The van der Waals surface area contributed by atoms with E-state index in [4.69, 9.17) is 0 Å². The highest BCUT2D eigenvalue weighted by Gasteiger charge is 2.28. The lowest BCUT2D eigenvalue weighted by Crippen LogP contribution is -2.44. The first kappa shape index (κ1) is 17.8. The van der Waals surface area contributed by atoms with Gasteiger partial charge in [0.2, 0.25) is 11.1 Å². The molecular weight excluding hydrogens is 341 g/mol. The third kappa shape index (κ3) is 4.36. The summed E-state index contributed by atoms with van der Waals surface area (Å²) in [5, 5.41) is 15.0. The van der Waals surface area contributed by atoms with Gasteiger partial charge in [-0.25, -0.2) is 4.39 Å². The van der Waals surface area contributed by atoms with Gasteiger partial charge in [0.05, 0.1) is 11.4 Å². The molecule has 3 rings (SSSR count). The Balaban J connectivity index is 1.59. The minimum absolute atomic E-state index is 0.0234. The number of hydrogen-bond donors (Lipinski definition) is 1. The summed E-state index contributed by atoms with van der Waals surface area (Å²) in [6.45, 7) is 4.44. The lowest BCUT2D eigenvalue weighted by Gasteiger charge is -2.34. The number of carbonyl (C=O) groups is 1. The molecule has 6 nitrogen and oxygen atoms in total. The summed E-state index contributed by atoms with van der Waals surface area (Å²) in [4.78, 5) is 12.3. The highest BCUT2D eigenvalue weighted by atomic mass is 32.2. The van der Waals surface area contributed by atoms with Crippen molar-refractivity contribution in [1.29, 1.82) is 0 Å². The maximum Gasteiger partial charge on any atom is 0.230 e. The minimum atomic E-state index is -0.359. The normalized spacial score (nSPS) is 23.4. The van der Waals surface area contributed by atoms with Gasteiger partial charge in [-0.05, 0) is 46.9 Å². The van der Waals surface area contributed by atoms with Gasteiger partial charge in [0.25, 0.3) is 0 Å². The second-order valence-electron chi connectivity index (χ2n) is 6.58. The molecule has 1 N–H and O–H groups in total.